The molecule has 2 aromatic carbocycles. The van der Waals surface area contributed by atoms with Crippen molar-refractivity contribution in [2.24, 2.45) is 0 Å². The van der Waals surface area contributed by atoms with E-state index in [0.29, 0.717) is 5.56 Å². The molecule has 0 saturated heterocycles. The Morgan fingerprint density at radius 2 is 1.79 bits per heavy atom. The van der Waals surface area contributed by atoms with Crippen LogP contribution >= 0.6 is 0 Å². The van der Waals surface area contributed by atoms with Gasteiger partial charge in [-0.15, -0.1) is 0 Å². The van der Waals surface area contributed by atoms with Crippen molar-refractivity contribution in [3.05, 3.63) is 66.4 Å². The van der Waals surface area contributed by atoms with Gasteiger partial charge in [0.1, 0.15) is 5.75 Å². The molecule has 1 heterocycles. The molecule has 3 rings (SSSR count). The molecule has 0 fully saturated rings. The van der Waals surface area contributed by atoms with E-state index in [4.69, 9.17) is 4.74 Å². The Morgan fingerprint density at radius 1 is 1.00 bits per heavy atom. The largest absolute Gasteiger partial charge is 0.496 e. The van der Waals surface area contributed by atoms with Crippen molar-refractivity contribution in [3.8, 4) is 5.75 Å². The number of ether oxygens (including phenoxy) is 1. The third-order valence-corrected chi connectivity index (χ3v) is 3.15. The molecule has 3 heteroatoms. The molecule has 0 amide bonds. The first kappa shape index (κ1) is 11.5. The van der Waals surface area contributed by atoms with Crippen molar-refractivity contribution in [1.82, 2.24) is 4.57 Å². The molecule has 1 aromatic heterocycles. The fourth-order valence-corrected chi connectivity index (χ4v) is 2.21. The highest BCUT2D eigenvalue weighted by Crippen LogP contribution is 2.26. The van der Waals surface area contributed by atoms with Crippen LogP contribution in [-0.2, 0) is 0 Å². The lowest BCUT2D eigenvalue weighted by molar-refractivity contribution is 0.0965. The van der Waals surface area contributed by atoms with Gasteiger partial charge in [0.2, 0.25) is 0 Å². The molecule has 0 saturated carbocycles. The Labute approximate surface area is 111 Å². The summed E-state index contributed by atoms with van der Waals surface area (Å²) in [5.41, 5.74) is 1.52. The molecule has 0 aliphatic heterocycles. The fraction of sp³-hybridized carbons (Fsp3) is 0.0625. The number of nitrogens with zero attached hydrogens (tertiary/aromatic N) is 1. The summed E-state index contributed by atoms with van der Waals surface area (Å²) in [7, 11) is 1.63. The monoisotopic (exact) mass is 251 g/mol. The third-order valence-electron chi connectivity index (χ3n) is 3.15. The summed E-state index contributed by atoms with van der Waals surface area (Å²) >= 11 is 0. The molecule has 0 radical (unpaired) electrons. The van der Waals surface area contributed by atoms with E-state index in [1.54, 1.807) is 17.9 Å². The molecule has 3 nitrogen and oxygen atoms in total. The minimum absolute atomic E-state index is 0.0381. The number of fused-ring (bicyclic) bond motifs is 1. The van der Waals surface area contributed by atoms with E-state index in [2.05, 4.69) is 0 Å². The quantitative estimate of drug-likeness (QED) is 0.699. The standard InChI is InChI=1S/C16H13NO2/c1-19-15-9-5-8-14-13(15)10-11-17(14)16(18)12-6-3-2-4-7-12/h2-11H,1H3. The van der Waals surface area contributed by atoms with E-state index in [1.165, 1.54) is 0 Å². The van der Waals surface area contributed by atoms with Crippen LogP contribution in [0.2, 0.25) is 0 Å². The highest BCUT2D eigenvalue weighted by molar-refractivity contribution is 6.03. The number of benzene rings is 2. The molecule has 0 aliphatic carbocycles. The molecule has 0 N–H and O–H groups in total. The Balaban J connectivity index is 2.14. The van der Waals surface area contributed by atoms with Crippen molar-refractivity contribution < 1.29 is 9.53 Å². The Hall–Kier alpha value is -2.55. The summed E-state index contributed by atoms with van der Waals surface area (Å²) < 4.78 is 6.95. The van der Waals surface area contributed by atoms with E-state index in [1.807, 2.05) is 54.6 Å². The SMILES string of the molecule is COc1cccc2c1ccn2C(=O)c1ccccc1. The van der Waals surface area contributed by atoms with Gasteiger partial charge in [-0.2, -0.15) is 0 Å². The van der Waals surface area contributed by atoms with Crippen molar-refractivity contribution in [1.29, 1.82) is 0 Å². The first-order valence-electron chi connectivity index (χ1n) is 6.05. The zero-order valence-electron chi connectivity index (χ0n) is 10.5. The number of hydrogen-bond acceptors (Lipinski definition) is 2. The minimum Gasteiger partial charge on any atom is -0.496 e. The normalized spacial score (nSPS) is 10.6. The first-order valence-corrected chi connectivity index (χ1v) is 6.05. The second-order valence-corrected chi connectivity index (χ2v) is 4.25. The van der Waals surface area contributed by atoms with E-state index < -0.39 is 0 Å². The van der Waals surface area contributed by atoms with Crippen LogP contribution in [0, 0.1) is 0 Å². The van der Waals surface area contributed by atoms with E-state index in [9.17, 15) is 4.79 Å². The van der Waals surface area contributed by atoms with Gasteiger partial charge in [0.25, 0.3) is 5.91 Å². The van der Waals surface area contributed by atoms with Gasteiger partial charge in [-0.3, -0.25) is 9.36 Å². The average molecular weight is 251 g/mol. The second-order valence-electron chi connectivity index (χ2n) is 4.25. The number of carbonyl (C=O) groups is 1. The van der Waals surface area contributed by atoms with Crippen molar-refractivity contribution in [2.45, 2.75) is 0 Å². The Bertz CT molecular complexity index is 729. The first-order chi connectivity index (χ1) is 9.31. The van der Waals surface area contributed by atoms with Crippen LogP contribution in [-0.4, -0.2) is 17.6 Å². The van der Waals surface area contributed by atoms with Crippen molar-refractivity contribution in [3.63, 3.8) is 0 Å². The smallest absolute Gasteiger partial charge is 0.262 e. The summed E-state index contributed by atoms with van der Waals surface area (Å²) in [4.78, 5) is 12.4. The number of carbonyl (C=O) groups excluding carboxylic acids is 1. The van der Waals surface area contributed by atoms with E-state index in [-0.39, 0.29) is 5.91 Å². The van der Waals surface area contributed by atoms with Gasteiger partial charge in [0.05, 0.1) is 12.6 Å². The molecule has 94 valence electrons. The lowest BCUT2D eigenvalue weighted by Crippen LogP contribution is -2.10. The predicted molar refractivity (Wildman–Crippen MR) is 74.7 cm³/mol. The summed E-state index contributed by atoms with van der Waals surface area (Å²) in [6.45, 7) is 0. The number of rotatable bonds is 2. The van der Waals surface area contributed by atoms with Crippen molar-refractivity contribution >= 4 is 16.8 Å². The molecular weight excluding hydrogens is 238 g/mol. The van der Waals surface area contributed by atoms with Crippen LogP contribution in [0.5, 0.6) is 5.75 Å². The molecule has 0 bridgehead atoms. The molecular formula is C16H13NO2. The van der Waals surface area contributed by atoms with Gasteiger partial charge < -0.3 is 4.74 Å². The lowest BCUT2D eigenvalue weighted by atomic mass is 10.2. The molecule has 0 atom stereocenters. The Morgan fingerprint density at radius 3 is 2.53 bits per heavy atom. The summed E-state index contributed by atoms with van der Waals surface area (Å²) in [6.07, 6.45) is 1.78. The summed E-state index contributed by atoms with van der Waals surface area (Å²) in [5.74, 6) is 0.737. The van der Waals surface area contributed by atoms with Crippen LogP contribution in [0.15, 0.2) is 60.8 Å². The van der Waals surface area contributed by atoms with Gasteiger partial charge in [0.15, 0.2) is 0 Å². The van der Waals surface area contributed by atoms with Gasteiger partial charge in [-0.05, 0) is 30.3 Å². The number of aromatic nitrogens is 1. The zero-order chi connectivity index (χ0) is 13.2. The highest BCUT2D eigenvalue weighted by Gasteiger charge is 2.12. The van der Waals surface area contributed by atoms with Gasteiger partial charge in [-0.1, -0.05) is 24.3 Å². The van der Waals surface area contributed by atoms with Crippen LogP contribution < -0.4 is 4.74 Å². The second kappa shape index (κ2) is 4.61. The predicted octanol–water partition coefficient (Wildman–Crippen LogP) is 3.34. The summed E-state index contributed by atoms with van der Waals surface area (Å²) in [5, 5.41) is 0.939. The maximum atomic E-state index is 12.4. The van der Waals surface area contributed by atoms with Crippen LogP contribution in [0.25, 0.3) is 10.9 Å². The maximum Gasteiger partial charge on any atom is 0.262 e. The number of hydrogen-bond donors (Lipinski definition) is 0. The van der Waals surface area contributed by atoms with Gasteiger partial charge in [-0.25, -0.2) is 0 Å². The lowest BCUT2D eigenvalue weighted by Gasteiger charge is -2.05. The molecule has 19 heavy (non-hydrogen) atoms. The molecule has 0 unspecified atom stereocenters. The molecule has 0 aliphatic rings. The topological polar surface area (TPSA) is 31.2 Å². The van der Waals surface area contributed by atoms with E-state index in [0.717, 1.165) is 16.7 Å². The van der Waals surface area contributed by atoms with Crippen LogP contribution in [0.4, 0.5) is 0 Å². The average Bonchev–Trinajstić information content (AvgIpc) is 2.91. The van der Waals surface area contributed by atoms with Crippen molar-refractivity contribution in [2.75, 3.05) is 7.11 Å². The van der Waals surface area contributed by atoms with Crippen LogP contribution in [0.1, 0.15) is 10.4 Å². The summed E-state index contributed by atoms with van der Waals surface area (Å²) in [6, 6.07) is 16.8. The molecule has 0 spiro atoms. The third kappa shape index (κ3) is 1.89. The minimum atomic E-state index is -0.0381. The van der Waals surface area contributed by atoms with Gasteiger partial charge >= 0.3 is 0 Å². The number of methoxy groups -OCH3 is 1. The zero-order valence-corrected chi connectivity index (χ0v) is 10.5. The molecule has 3 aromatic rings. The maximum absolute atomic E-state index is 12.4. The highest BCUT2D eigenvalue weighted by atomic mass is 16.5. The fourth-order valence-electron chi connectivity index (χ4n) is 2.21. The van der Waals surface area contributed by atoms with E-state index >= 15 is 0 Å². The van der Waals surface area contributed by atoms with Crippen LogP contribution in [0.3, 0.4) is 0 Å². The van der Waals surface area contributed by atoms with Gasteiger partial charge in [0, 0.05) is 17.1 Å². The Kier molecular flexibility index (Phi) is 2.80.